The first-order valence-corrected chi connectivity index (χ1v) is 4.77. The van der Waals surface area contributed by atoms with Gasteiger partial charge >= 0.3 is 0 Å². The van der Waals surface area contributed by atoms with Crippen LogP contribution in [-0.2, 0) is 9.59 Å². The summed E-state index contributed by atoms with van der Waals surface area (Å²) in [5.41, 5.74) is 5.00. The zero-order valence-corrected chi connectivity index (χ0v) is 8.50. The highest BCUT2D eigenvalue weighted by atomic mass is 19.3. The van der Waals surface area contributed by atoms with E-state index >= 15 is 0 Å². The molecule has 2 amide bonds. The van der Waals surface area contributed by atoms with Gasteiger partial charge in [-0.05, 0) is 6.42 Å². The van der Waals surface area contributed by atoms with Crippen molar-refractivity contribution < 1.29 is 18.4 Å². The number of halogens is 2. The van der Waals surface area contributed by atoms with Gasteiger partial charge in [-0.15, -0.1) is 0 Å². The van der Waals surface area contributed by atoms with E-state index in [2.05, 4.69) is 0 Å². The molecule has 4 nitrogen and oxygen atoms in total. The summed E-state index contributed by atoms with van der Waals surface area (Å²) in [4.78, 5) is 23.0. The number of nitrogens with two attached hydrogens (primary N) is 1. The Hall–Kier alpha value is -1.20. The number of alkyl halides is 2. The SMILES string of the molecule is C[C@@H](CCC(=O)N1CC(F)(F)C1)C(N)=O. The van der Waals surface area contributed by atoms with E-state index in [9.17, 15) is 18.4 Å². The summed E-state index contributed by atoms with van der Waals surface area (Å²) >= 11 is 0. The van der Waals surface area contributed by atoms with Gasteiger partial charge in [-0.25, -0.2) is 8.78 Å². The average Bonchev–Trinajstić information content (AvgIpc) is 2.09. The molecule has 1 heterocycles. The zero-order chi connectivity index (χ0) is 11.6. The molecule has 0 radical (unpaired) electrons. The molecule has 1 aliphatic rings. The van der Waals surface area contributed by atoms with E-state index in [1.807, 2.05) is 0 Å². The topological polar surface area (TPSA) is 63.4 Å². The van der Waals surface area contributed by atoms with Gasteiger partial charge in [-0.3, -0.25) is 9.59 Å². The zero-order valence-electron chi connectivity index (χ0n) is 8.50. The lowest BCUT2D eigenvalue weighted by Crippen LogP contribution is -2.58. The van der Waals surface area contributed by atoms with E-state index in [4.69, 9.17) is 5.73 Å². The van der Waals surface area contributed by atoms with Crippen molar-refractivity contribution in [2.75, 3.05) is 13.1 Å². The number of amides is 2. The number of rotatable bonds is 4. The van der Waals surface area contributed by atoms with Gasteiger partial charge in [0.1, 0.15) is 0 Å². The number of primary amides is 1. The summed E-state index contributed by atoms with van der Waals surface area (Å²) in [7, 11) is 0. The minimum absolute atomic E-state index is 0.0974. The molecule has 86 valence electrons. The number of carbonyl (C=O) groups excluding carboxylic acids is 2. The molecule has 0 aromatic rings. The van der Waals surface area contributed by atoms with E-state index in [-0.39, 0.29) is 12.3 Å². The fraction of sp³-hybridized carbons (Fsp3) is 0.778. The van der Waals surface area contributed by atoms with E-state index in [1.54, 1.807) is 6.92 Å². The Morgan fingerprint density at radius 2 is 2.00 bits per heavy atom. The molecule has 0 aromatic heterocycles. The minimum Gasteiger partial charge on any atom is -0.369 e. The van der Waals surface area contributed by atoms with Crippen molar-refractivity contribution in [2.24, 2.45) is 11.7 Å². The Kier molecular flexibility index (Phi) is 3.26. The van der Waals surface area contributed by atoms with Gasteiger partial charge in [-0.2, -0.15) is 0 Å². The van der Waals surface area contributed by atoms with Crippen molar-refractivity contribution in [3.05, 3.63) is 0 Å². The van der Waals surface area contributed by atoms with Gasteiger partial charge in [0, 0.05) is 12.3 Å². The Morgan fingerprint density at radius 1 is 1.47 bits per heavy atom. The first kappa shape index (κ1) is 11.9. The molecule has 1 atom stereocenters. The van der Waals surface area contributed by atoms with Crippen LogP contribution in [0.15, 0.2) is 0 Å². The van der Waals surface area contributed by atoms with Crippen molar-refractivity contribution in [1.82, 2.24) is 4.90 Å². The first-order valence-electron chi connectivity index (χ1n) is 4.77. The molecule has 0 saturated carbocycles. The highest BCUT2D eigenvalue weighted by molar-refractivity contribution is 5.79. The molecule has 2 N–H and O–H groups in total. The summed E-state index contributed by atoms with van der Waals surface area (Å²) in [5.74, 6) is -3.94. The molecule has 0 aliphatic carbocycles. The van der Waals surface area contributed by atoms with Gasteiger partial charge in [-0.1, -0.05) is 6.92 Å². The molecule has 6 heteroatoms. The van der Waals surface area contributed by atoms with Gasteiger partial charge in [0.05, 0.1) is 13.1 Å². The fourth-order valence-electron chi connectivity index (χ4n) is 1.33. The summed E-state index contributed by atoms with van der Waals surface area (Å²) in [6, 6.07) is 0. The van der Waals surface area contributed by atoms with Gasteiger partial charge in [0.25, 0.3) is 5.92 Å². The molecule has 1 aliphatic heterocycles. The van der Waals surface area contributed by atoms with Crippen molar-refractivity contribution >= 4 is 11.8 Å². The minimum atomic E-state index is -2.73. The number of nitrogens with zero attached hydrogens (tertiary/aromatic N) is 1. The molecular weight excluding hydrogens is 206 g/mol. The Labute approximate surface area is 86.4 Å². The second kappa shape index (κ2) is 4.12. The van der Waals surface area contributed by atoms with Gasteiger partial charge in [0.2, 0.25) is 11.8 Å². The Bertz CT molecular complexity index is 273. The lowest BCUT2D eigenvalue weighted by Gasteiger charge is -2.38. The van der Waals surface area contributed by atoms with Gasteiger partial charge in [0.15, 0.2) is 0 Å². The predicted octanol–water partition coefficient (Wildman–Crippen LogP) is 0.366. The largest absolute Gasteiger partial charge is 0.369 e. The van der Waals surface area contributed by atoms with Crippen molar-refractivity contribution in [3.63, 3.8) is 0 Å². The summed E-state index contributed by atoms with van der Waals surface area (Å²) in [6.07, 6.45) is 0.413. The third-order valence-corrected chi connectivity index (χ3v) is 2.47. The maximum absolute atomic E-state index is 12.4. The molecule has 1 fully saturated rings. The smallest absolute Gasteiger partial charge is 0.282 e. The maximum Gasteiger partial charge on any atom is 0.282 e. The normalized spacial score (nSPS) is 20.6. The number of hydrogen-bond acceptors (Lipinski definition) is 2. The van der Waals surface area contributed by atoms with Crippen LogP contribution >= 0.6 is 0 Å². The monoisotopic (exact) mass is 220 g/mol. The number of carbonyl (C=O) groups is 2. The molecule has 0 aromatic carbocycles. The molecule has 0 bridgehead atoms. The van der Waals surface area contributed by atoms with Crippen LogP contribution in [0, 0.1) is 5.92 Å². The molecule has 1 rings (SSSR count). The van der Waals surface area contributed by atoms with Crippen LogP contribution < -0.4 is 5.73 Å². The van der Waals surface area contributed by atoms with E-state index in [0.29, 0.717) is 6.42 Å². The Morgan fingerprint density at radius 3 is 2.40 bits per heavy atom. The summed E-state index contributed by atoms with van der Waals surface area (Å²) in [5, 5.41) is 0. The molecule has 0 spiro atoms. The molecule has 15 heavy (non-hydrogen) atoms. The second-order valence-electron chi connectivity index (χ2n) is 3.95. The summed E-state index contributed by atoms with van der Waals surface area (Å²) < 4.78 is 24.8. The van der Waals surface area contributed by atoms with Crippen molar-refractivity contribution in [2.45, 2.75) is 25.7 Å². The first-order chi connectivity index (χ1) is 6.82. The van der Waals surface area contributed by atoms with E-state index < -0.39 is 30.8 Å². The summed E-state index contributed by atoms with van der Waals surface area (Å²) in [6.45, 7) is 0.605. The standard InChI is InChI=1S/C9H14F2N2O2/c1-6(8(12)15)2-3-7(14)13-4-9(10,11)5-13/h6H,2-5H2,1H3,(H2,12,15)/t6-/m0/s1. The van der Waals surface area contributed by atoms with Crippen LogP contribution in [0.1, 0.15) is 19.8 Å². The Balaban J connectivity index is 2.24. The highest BCUT2D eigenvalue weighted by Gasteiger charge is 2.45. The molecule has 0 unspecified atom stereocenters. The van der Waals surface area contributed by atoms with E-state index in [1.165, 1.54) is 0 Å². The van der Waals surface area contributed by atoms with Crippen LogP contribution in [0.5, 0.6) is 0 Å². The molecular formula is C9H14F2N2O2. The van der Waals surface area contributed by atoms with Crippen LogP contribution in [0.3, 0.4) is 0 Å². The maximum atomic E-state index is 12.4. The van der Waals surface area contributed by atoms with Crippen LogP contribution in [0.4, 0.5) is 8.78 Å². The lowest BCUT2D eigenvalue weighted by molar-refractivity contribution is -0.166. The average molecular weight is 220 g/mol. The second-order valence-corrected chi connectivity index (χ2v) is 3.95. The molecule has 1 saturated heterocycles. The number of hydrogen-bond donors (Lipinski definition) is 1. The predicted molar refractivity (Wildman–Crippen MR) is 49.1 cm³/mol. The van der Waals surface area contributed by atoms with Crippen LogP contribution in [-0.4, -0.2) is 35.7 Å². The van der Waals surface area contributed by atoms with Crippen molar-refractivity contribution in [1.29, 1.82) is 0 Å². The highest BCUT2D eigenvalue weighted by Crippen LogP contribution is 2.27. The number of likely N-dealkylation sites (tertiary alicyclic amines) is 1. The van der Waals surface area contributed by atoms with Crippen molar-refractivity contribution in [3.8, 4) is 0 Å². The van der Waals surface area contributed by atoms with E-state index in [0.717, 1.165) is 4.90 Å². The lowest BCUT2D eigenvalue weighted by atomic mass is 10.0. The fourth-order valence-corrected chi connectivity index (χ4v) is 1.33. The van der Waals surface area contributed by atoms with Gasteiger partial charge < -0.3 is 10.6 Å². The quantitative estimate of drug-likeness (QED) is 0.743. The van der Waals surface area contributed by atoms with Crippen LogP contribution in [0.2, 0.25) is 0 Å². The third kappa shape index (κ3) is 3.14. The third-order valence-electron chi connectivity index (χ3n) is 2.47. The van der Waals surface area contributed by atoms with Crippen LogP contribution in [0.25, 0.3) is 0 Å².